The maximum atomic E-state index is 12.6. The Balaban J connectivity index is 1.56. The number of nitrogens with one attached hydrogen (secondary N) is 2. The lowest BCUT2D eigenvalue weighted by Crippen LogP contribution is -2.35. The number of amides is 2. The quantitative estimate of drug-likeness (QED) is 0.598. The van der Waals surface area contributed by atoms with Gasteiger partial charge in [0.25, 0.3) is 0 Å². The van der Waals surface area contributed by atoms with Crippen molar-refractivity contribution in [2.24, 2.45) is 0 Å². The molecule has 1 aliphatic rings. The molecular weight excluding hydrogens is 420 g/mol. The fraction of sp³-hybridized carbons (Fsp3) is 0.227. The number of aryl methyl sites for hydroxylation is 2. The van der Waals surface area contributed by atoms with E-state index in [0.29, 0.717) is 10.8 Å². The van der Waals surface area contributed by atoms with Gasteiger partial charge in [-0.1, -0.05) is 47.5 Å². The van der Waals surface area contributed by atoms with Crippen LogP contribution < -0.4 is 10.6 Å². The van der Waals surface area contributed by atoms with E-state index in [1.165, 1.54) is 0 Å². The van der Waals surface area contributed by atoms with Crippen LogP contribution in [0.25, 0.3) is 5.69 Å². The van der Waals surface area contributed by atoms with Gasteiger partial charge < -0.3 is 10.6 Å². The average molecular weight is 441 g/mol. The number of rotatable bonds is 4. The predicted octanol–water partition coefficient (Wildman–Crippen LogP) is 4.14. The standard InChI is InChI=1S/C22H21ClN4O2S/c1-13-7-8-19(14(2)9-13)27-20(16-11-30-12-18(16)26-27)25-22(29)21(28)24-10-15-5-3-4-6-17(15)23/h3-9H,10-12H2,1-2H3,(H,24,28)(H,25,29). The van der Waals surface area contributed by atoms with Gasteiger partial charge in [-0.05, 0) is 37.1 Å². The zero-order valence-electron chi connectivity index (χ0n) is 16.7. The molecule has 0 aliphatic carbocycles. The van der Waals surface area contributed by atoms with Crippen LogP contribution in [-0.2, 0) is 27.6 Å². The van der Waals surface area contributed by atoms with Crippen LogP contribution in [0.15, 0.2) is 42.5 Å². The summed E-state index contributed by atoms with van der Waals surface area (Å²) in [7, 11) is 0. The highest BCUT2D eigenvalue weighted by molar-refractivity contribution is 7.98. The number of benzene rings is 2. The van der Waals surface area contributed by atoms with Crippen LogP contribution in [0.4, 0.5) is 5.82 Å². The monoisotopic (exact) mass is 440 g/mol. The Morgan fingerprint density at radius 3 is 2.70 bits per heavy atom. The summed E-state index contributed by atoms with van der Waals surface area (Å²) in [5.41, 5.74) is 5.72. The molecule has 30 heavy (non-hydrogen) atoms. The second kappa shape index (κ2) is 8.53. The Labute approximate surface area is 184 Å². The van der Waals surface area contributed by atoms with Gasteiger partial charge in [-0.2, -0.15) is 16.9 Å². The summed E-state index contributed by atoms with van der Waals surface area (Å²) in [5.74, 6) is 0.640. The summed E-state index contributed by atoms with van der Waals surface area (Å²) >= 11 is 7.85. The number of halogens is 1. The molecule has 3 aromatic rings. The van der Waals surface area contributed by atoms with Crippen molar-refractivity contribution in [1.29, 1.82) is 0 Å². The van der Waals surface area contributed by atoms with Gasteiger partial charge in [0.2, 0.25) is 0 Å². The number of carbonyl (C=O) groups is 2. The number of hydrogen-bond acceptors (Lipinski definition) is 4. The number of thioether (sulfide) groups is 1. The van der Waals surface area contributed by atoms with Gasteiger partial charge >= 0.3 is 11.8 Å². The topological polar surface area (TPSA) is 76.0 Å². The summed E-state index contributed by atoms with van der Waals surface area (Å²) < 4.78 is 1.73. The molecule has 4 rings (SSSR count). The molecule has 154 valence electrons. The SMILES string of the molecule is Cc1ccc(-n2nc3c(c2NC(=O)C(=O)NCc2ccccc2Cl)CSC3)c(C)c1. The normalized spacial score (nSPS) is 12.5. The molecule has 1 aromatic heterocycles. The number of aromatic nitrogens is 2. The maximum absolute atomic E-state index is 12.6. The lowest BCUT2D eigenvalue weighted by molar-refractivity contribution is -0.136. The molecule has 2 aromatic carbocycles. The van der Waals surface area contributed by atoms with Crippen molar-refractivity contribution in [2.75, 3.05) is 5.32 Å². The second-order valence-electron chi connectivity index (χ2n) is 7.20. The largest absolute Gasteiger partial charge is 0.344 e. The van der Waals surface area contributed by atoms with E-state index in [1.54, 1.807) is 28.6 Å². The summed E-state index contributed by atoms with van der Waals surface area (Å²) in [6.45, 7) is 4.21. The van der Waals surface area contributed by atoms with E-state index in [4.69, 9.17) is 16.7 Å². The van der Waals surface area contributed by atoms with E-state index in [-0.39, 0.29) is 6.54 Å². The van der Waals surface area contributed by atoms with Crippen molar-refractivity contribution < 1.29 is 9.59 Å². The van der Waals surface area contributed by atoms with Gasteiger partial charge in [0.05, 0.1) is 11.4 Å². The molecule has 0 radical (unpaired) electrons. The average Bonchev–Trinajstić information content (AvgIpc) is 3.30. The van der Waals surface area contributed by atoms with E-state index in [0.717, 1.165) is 45.1 Å². The molecular formula is C22H21ClN4O2S. The van der Waals surface area contributed by atoms with Crippen molar-refractivity contribution in [2.45, 2.75) is 31.9 Å². The predicted molar refractivity (Wildman–Crippen MR) is 120 cm³/mol. The third kappa shape index (κ3) is 4.08. The van der Waals surface area contributed by atoms with Crippen molar-refractivity contribution in [3.8, 4) is 5.69 Å². The van der Waals surface area contributed by atoms with E-state index in [9.17, 15) is 9.59 Å². The molecule has 1 aliphatic heterocycles. The molecule has 0 spiro atoms. The van der Waals surface area contributed by atoms with Crippen LogP contribution in [0.2, 0.25) is 5.02 Å². The van der Waals surface area contributed by atoms with Gasteiger partial charge in [0.1, 0.15) is 5.82 Å². The summed E-state index contributed by atoms with van der Waals surface area (Å²) in [5, 5.41) is 10.7. The van der Waals surface area contributed by atoms with Crippen LogP contribution >= 0.6 is 23.4 Å². The molecule has 0 unspecified atom stereocenters. The Hall–Kier alpha value is -2.77. The third-order valence-corrected chi connectivity index (χ3v) is 6.31. The Morgan fingerprint density at radius 1 is 1.13 bits per heavy atom. The van der Waals surface area contributed by atoms with Gasteiger partial charge in [-0.15, -0.1) is 0 Å². The fourth-order valence-corrected chi connectivity index (χ4v) is 4.66. The zero-order chi connectivity index (χ0) is 21.3. The lowest BCUT2D eigenvalue weighted by atomic mass is 10.1. The summed E-state index contributed by atoms with van der Waals surface area (Å²) in [4.78, 5) is 25.0. The van der Waals surface area contributed by atoms with Crippen molar-refractivity contribution in [1.82, 2.24) is 15.1 Å². The van der Waals surface area contributed by atoms with Gasteiger partial charge in [-0.3, -0.25) is 9.59 Å². The van der Waals surface area contributed by atoms with E-state index in [1.807, 2.05) is 38.1 Å². The van der Waals surface area contributed by atoms with Gasteiger partial charge in [0.15, 0.2) is 0 Å². The minimum atomic E-state index is -0.729. The molecule has 0 fully saturated rings. The number of nitrogens with zero attached hydrogens (tertiary/aromatic N) is 2. The molecule has 8 heteroatoms. The summed E-state index contributed by atoms with van der Waals surface area (Å²) in [6.07, 6.45) is 0. The maximum Gasteiger partial charge on any atom is 0.314 e. The van der Waals surface area contributed by atoms with Gasteiger partial charge in [0, 0.05) is 28.6 Å². The molecule has 2 heterocycles. The van der Waals surface area contributed by atoms with Crippen molar-refractivity contribution in [3.63, 3.8) is 0 Å². The highest BCUT2D eigenvalue weighted by Crippen LogP contribution is 2.36. The number of anilines is 1. The Bertz CT molecular complexity index is 1140. The van der Waals surface area contributed by atoms with Crippen LogP contribution in [0, 0.1) is 13.8 Å². The number of hydrogen-bond donors (Lipinski definition) is 2. The number of fused-ring (bicyclic) bond motifs is 1. The van der Waals surface area contributed by atoms with Crippen molar-refractivity contribution in [3.05, 3.63) is 75.4 Å². The first-order valence-electron chi connectivity index (χ1n) is 9.52. The minimum absolute atomic E-state index is 0.177. The molecule has 2 amide bonds. The summed E-state index contributed by atoms with van der Waals surface area (Å²) in [6, 6.07) is 13.2. The van der Waals surface area contributed by atoms with Gasteiger partial charge in [-0.25, -0.2) is 4.68 Å². The first-order valence-corrected chi connectivity index (χ1v) is 11.1. The molecule has 0 bridgehead atoms. The Morgan fingerprint density at radius 2 is 1.93 bits per heavy atom. The van der Waals surface area contributed by atoms with E-state index < -0.39 is 11.8 Å². The highest BCUT2D eigenvalue weighted by atomic mass is 35.5. The van der Waals surface area contributed by atoms with Crippen LogP contribution in [0.3, 0.4) is 0 Å². The first-order chi connectivity index (χ1) is 14.4. The molecule has 0 atom stereocenters. The molecule has 0 saturated carbocycles. The lowest BCUT2D eigenvalue weighted by Gasteiger charge is -2.13. The molecule has 2 N–H and O–H groups in total. The number of carbonyl (C=O) groups excluding carboxylic acids is 2. The van der Waals surface area contributed by atoms with E-state index >= 15 is 0 Å². The van der Waals surface area contributed by atoms with E-state index in [2.05, 4.69) is 16.7 Å². The van der Waals surface area contributed by atoms with Crippen LogP contribution in [0.1, 0.15) is 27.9 Å². The molecule has 0 saturated heterocycles. The van der Waals surface area contributed by atoms with Crippen LogP contribution in [-0.4, -0.2) is 21.6 Å². The third-order valence-electron chi connectivity index (χ3n) is 4.97. The first kappa shape index (κ1) is 20.5. The van der Waals surface area contributed by atoms with Crippen LogP contribution in [0.5, 0.6) is 0 Å². The molecule has 6 nitrogen and oxygen atoms in total. The second-order valence-corrected chi connectivity index (χ2v) is 8.59. The van der Waals surface area contributed by atoms with Crippen molar-refractivity contribution >= 4 is 41.0 Å². The highest BCUT2D eigenvalue weighted by Gasteiger charge is 2.27. The zero-order valence-corrected chi connectivity index (χ0v) is 18.2. The minimum Gasteiger partial charge on any atom is -0.344 e. The smallest absolute Gasteiger partial charge is 0.314 e. The fourth-order valence-electron chi connectivity index (χ4n) is 3.42. The Kier molecular flexibility index (Phi) is 5.83.